The quantitative estimate of drug-likeness (QED) is 0.606. The standard InChI is InChI=1S/C13H14O4/c1-2-9-17-11-5-3-10(4-6-11)12(14)7-8-13(15)16/h3-8H,2,9H2,1H3,(H,15,16). The molecule has 0 spiro atoms. The van der Waals surface area contributed by atoms with E-state index in [1.54, 1.807) is 24.3 Å². The Morgan fingerprint density at radius 1 is 1.24 bits per heavy atom. The number of aliphatic carboxylic acids is 1. The molecule has 0 aliphatic carbocycles. The third-order valence-electron chi connectivity index (χ3n) is 1.99. The van der Waals surface area contributed by atoms with Gasteiger partial charge in [-0.1, -0.05) is 6.92 Å². The molecule has 0 unspecified atom stereocenters. The molecule has 4 heteroatoms. The van der Waals surface area contributed by atoms with Gasteiger partial charge >= 0.3 is 5.97 Å². The molecular formula is C13H14O4. The number of carbonyl (C=O) groups excluding carboxylic acids is 1. The second kappa shape index (κ2) is 6.48. The van der Waals surface area contributed by atoms with Crippen LogP contribution in [0.5, 0.6) is 5.75 Å². The summed E-state index contributed by atoms with van der Waals surface area (Å²) in [6, 6.07) is 6.61. The average molecular weight is 234 g/mol. The first-order chi connectivity index (χ1) is 8.13. The Kier molecular flexibility index (Phi) is 4.94. The molecule has 0 aromatic heterocycles. The molecule has 4 nitrogen and oxygen atoms in total. The summed E-state index contributed by atoms with van der Waals surface area (Å²) in [5, 5.41) is 8.39. The third-order valence-corrected chi connectivity index (χ3v) is 1.99. The van der Waals surface area contributed by atoms with Gasteiger partial charge in [0.15, 0.2) is 5.78 Å². The number of allylic oxidation sites excluding steroid dienone is 1. The van der Waals surface area contributed by atoms with E-state index in [4.69, 9.17) is 9.84 Å². The number of carbonyl (C=O) groups is 2. The zero-order valence-electron chi connectivity index (χ0n) is 9.55. The van der Waals surface area contributed by atoms with Crippen molar-refractivity contribution in [2.24, 2.45) is 0 Å². The normalized spacial score (nSPS) is 10.4. The Labute approximate surface area is 99.5 Å². The molecule has 1 rings (SSSR count). The number of rotatable bonds is 6. The zero-order chi connectivity index (χ0) is 12.7. The molecule has 0 aliphatic heterocycles. The Bertz CT molecular complexity index is 418. The monoisotopic (exact) mass is 234 g/mol. The lowest BCUT2D eigenvalue weighted by atomic mass is 10.1. The van der Waals surface area contributed by atoms with Crippen LogP contribution in [-0.2, 0) is 4.79 Å². The fraction of sp³-hybridized carbons (Fsp3) is 0.231. The number of carboxylic acids is 1. The fourth-order valence-electron chi connectivity index (χ4n) is 1.18. The van der Waals surface area contributed by atoms with E-state index < -0.39 is 5.97 Å². The molecule has 0 aliphatic rings. The van der Waals surface area contributed by atoms with E-state index in [1.807, 2.05) is 6.92 Å². The molecule has 1 aromatic rings. The van der Waals surface area contributed by atoms with Crippen LogP contribution in [0.1, 0.15) is 23.7 Å². The van der Waals surface area contributed by atoms with Gasteiger partial charge in [-0.05, 0) is 36.8 Å². The van der Waals surface area contributed by atoms with E-state index in [2.05, 4.69) is 0 Å². The van der Waals surface area contributed by atoms with Gasteiger partial charge in [-0.15, -0.1) is 0 Å². The Morgan fingerprint density at radius 3 is 2.41 bits per heavy atom. The van der Waals surface area contributed by atoms with Crippen LogP contribution < -0.4 is 4.74 Å². The number of hydrogen-bond donors (Lipinski definition) is 1. The Hall–Kier alpha value is -2.10. The van der Waals surface area contributed by atoms with Crippen molar-refractivity contribution in [1.29, 1.82) is 0 Å². The van der Waals surface area contributed by atoms with Crippen molar-refractivity contribution in [3.63, 3.8) is 0 Å². The number of ether oxygens (including phenoxy) is 1. The maximum Gasteiger partial charge on any atom is 0.328 e. The maximum atomic E-state index is 11.5. The predicted molar refractivity (Wildman–Crippen MR) is 63.3 cm³/mol. The topological polar surface area (TPSA) is 63.6 Å². The van der Waals surface area contributed by atoms with E-state index in [0.29, 0.717) is 17.9 Å². The number of hydrogen-bond acceptors (Lipinski definition) is 3. The summed E-state index contributed by atoms with van der Waals surface area (Å²) in [6.07, 6.45) is 2.77. The third kappa shape index (κ3) is 4.51. The van der Waals surface area contributed by atoms with Crippen LogP contribution in [0.25, 0.3) is 0 Å². The predicted octanol–water partition coefficient (Wildman–Crippen LogP) is 2.30. The van der Waals surface area contributed by atoms with E-state index in [1.165, 1.54) is 0 Å². The highest BCUT2D eigenvalue weighted by Gasteiger charge is 2.02. The molecule has 0 radical (unpaired) electrons. The van der Waals surface area contributed by atoms with Crippen LogP contribution in [-0.4, -0.2) is 23.5 Å². The van der Waals surface area contributed by atoms with Gasteiger partial charge in [-0.2, -0.15) is 0 Å². The van der Waals surface area contributed by atoms with Crippen LogP contribution in [0.4, 0.5) is 0 Å². The van der Waals surface area contributed by atoms with Crippen molar-refractivity contribution in [3.8, 4) is 5.75 Å². The van der Waals surface area contributed by atoms with Crippen molar-refractivity contribution in [3.05, 3.63) is 42.0 Å². The van der Waals surface area contributed by atoms with Crippen molar-refractivity contribution < 1.29 is 19.4 Å². The molecule has 0 saturated heterocycles. The Balaban J connectivity index is 2.67. The summed E-state index contributed by atoms with van der Waals surface area (Å²) in [4.78, 5) is 21.7. The SMILES string of the molecule is CCCOc1ccc(C(=O)C=CC(=O)O)cc1. The molecule has 0 saturated carbocycles. The zero-order valence-corrected chi connectivity index (χ0v) is 9.55. The molecule has 0 amide bonds. The van der Waals surface area contributed by atoms with Gasteiger partial charge < -0.3 is 9.84 Å². The molecule has 0 fully saturated rings. The molecule has 90 valence electrons. The van der Waals surface area contributed by atoms with Gasteiger partial charge in [-0.3, -0.25) is 4.79 Å². The smallest absolute Gasteiger partial charge is 0.328 e. The number of ketones is 1. The highest BCUT2D eigenvalue weighted by molar-refractivity contribution is 6.06. The highest BCUT2D eigenvalue weighted by atomic mass is 16.5. The molecule has 17 heavy (non-hydrogen) atoms. The molecule has 0 atom stereocenters. The summed E-state index contributed by atoms with van der Waals surface area (Å²) in [5.74, 6) is -0.777. The van der Waals surface area contributed by atoms with E-state index in [9.17, 15) is 9.59 Å². The van der Waals surface area contributed by atoms with E-state index in [-0.39, 0.29) is 5.78 Å². The van der Waals surface area contributed by atoms with Crippen LogP contribution in [0.15, 0.2) is 36.4 Å². The largest absolute Gasteiger partial charge is 0.494 e. The lowest BCUT2D eigenvalue weighted by Gasteiger charge is -2.04. The lowest BCUT2D eigenvalue weighted by molar-refractivity contribution is -0.131. The van der Waals surface area contributed by atoms with Crippen LogP contribution in [0, 0.1) is 0 Å². The summed E-state index contributed by atoms with van der Waals surface area (Å²) in [5.41, 5.74) is 0.436. The first-order valence-electron chi connectivity index (χ1n) is 5.31. The van der Waals surface area contributed by atoms with Gasteiger partial charge in [0.2, 0.25) is 0 Å². The second-order valence-electron chi connectivity index (χ2n) is 3.41. The van der Waals surface area contributed by atoms with Crippen LogP contribution in [0.3, 0.4) is 0 Å². The van der Waals surface area contributed by atoms with Gasteiger partial charge in [0.25, 0.3) is 0 Å². The van der Waals surface area contributed by atoms with Gasteiger partial charge in [0, 0.05) is 11.6 Å². The number of carboxylic acid groups (broad SMARTS) is 1. The first kappa shape index (κ1) is 13.0. The van der Waals surface area contributed by atoms with Crippen molar-refractivity contribution in [2.75, 3.05) is 6.61 Å². The van der Waals surface area contributed by atoms with Gasteiger partial charge in [0.1, 0.15) is 5.75 Å². The summed E-state index contributed by atoms with van der Waals surface area (Å²) in [7, 11) is 0. The minimum Gasteiger partial charge on any atom is -0.494 e. The summed E-state index contributed by atoms with van der Waals surface area (Å²) >= 11 is 0. The molecule has 0 heterocycles. The summed E-state index contributed by atoms with van der Waals surface area (Å²) in [6.45, 7) is 2.64. The summed E-state index contributed by atoms with van der Waals surface area (Å²) < 4.78 is 5.36. The fourth-order valence-corrected chi connectivity index (χ4v) is 1.18. The Morgan fingerprint density at radius 2 is 1.88 bits per heavy atom. The molecule has 1 N–H and O–H groups in total. The van der Waals surface area contributed by atoms with E-state index >= 15 is 0 Å². The van der Waals surface area contributed by atoms with Crippen molar-refractivity contribution in [2.45, 2.75) is 13.3 Å². The lowest BCUT2D eigenvalue weighted by Crippen LogP contribution is -1.98. The van der Waals surface area contributed by atoms with E-state index in [0.717, 1.165) is 18.6 Å². The van der Waals surface area contributed by atoms with Crippen molar-refractivity contribution in [1.82, 2.24) is 0 Å². The molecule has 1 aromatic carbocycles. The number of benzene rings is 1. The average Bonchev–Trinajstić information content (AvgIpc) is 2.34. The minimum absolute atomic E-state index is 0.338. The minimum atomic E-state index is -1.14. The highest BCUT2D eigenvalue weighted by Crippen LogP contribution is 2.13. The maximum absolute atomic E-state index is 11.5. The van der Waals surface area contributed by atoms with Gasteiger partial charge in [0.05, 0.1) is 6.61 Å². The van der Waals surface area contributed by atoms with Crippen LogP contribution in [0.2, 0.25) is 0 Å². The van der Waals surface area contributed by atoms with Crippen molar-refractivity contribution >= 4 is 11.8 Å². The molecular weight excluding hydrogens is 220 g/mol. The molecule has 0 bridgehead atoms. The first-order valence-corrected chi connectivity index (χ1v) is 5.31. The van der Waals surface area contributed by atoms with Gasteiger partial charge in [-0.25, -0.2) is 4.79 Å². The van der Waals surface area contributed by atoms with Crippen LogP contribution >= 0.6 is 0 Å². The second-order valence-corrected chi connectivity index (χ2v) is 3.41.